The average molecular weight is 355 g/mol. The monoisotopic (exact) mass is 355 g/mol. The van der Waals surface area contributed by atoms with Gasteiger partial charge in [-0.25, -0.2) is 8.42 Å². The normalized spacial score (nSPS) is 11.5. The molecule has 0 unspecified atom stereocenters. The summed E-state index contributed by atoms with van der Waals surface area (Å²) in [6, 6.07) is 6.95. The lowest BCUT2D eigenvalue weighted by atomic mass is 10.2. The van der Waals surface area contributed by atoms with Gasteiger partial charge in [0, 0.05) is 16.9 Å². The fraction of sp³-hybridized carbons (Fsp3) is 0.375. The molecule has 23 heavy (non-hydrogen) atoms. The number of hydrogen-bond acceptors (Lipinski definition) is 5. The van der Waals surface area contributed by atoms with Crippen molar-refractivity contribution in [1.82, 2.24) is 0 Å². The second-order valence-corrected chi connectivity index (χ2v) is 8.31. The van der Waals surface area contributed by atoms with Crippen LogP contribution in [0.4, 0.5) is 5.69 Å². The Morgan fingerprint density at radius 2 is 1.87 bits per heavy atom. The van der Waals surface area contributed by atoms with Crippen LogP contribution in [0.3, 0.4) is 0 Å². The van der Waals surface area contributed by atoms with E-state index in [9.17, 15) is 8.42 Å². The van der Waals surface area contributed by atoms with Gasteiger partial charge in [-0.05, 0) is 50.6 Å². The van der Waals surface area contributed by atoms with Crippen molar-refractivity contribution in [2.45, 2.75) is 25.7 Å². The lowest BCUT2D eigenvalue weighted by molar-refractivity contribution is 0.146. The van der Waals surface area contributed by atoms with Crippen molar-refractivity contribution < 1.29 is 17.9 Å². The predicted molar refractivity (Wildman–Crippen MR) is 93.2 cm³/mol. The third kappa shape index (κ3) is 4.46. The molecule has 126 valence electrons. The molecule has 7 heteroatoms. The van der Waals surface area contributed by atoms with E-state index >= 15 is 0 Å². The maximum atomic E-state index is 12.5. The van der Waals surface area contributed by atoms with E-state index < -0.39 is 10.0 Å². The zero-order valence-electron chi connectivity index (χ0n) is 13.7. The van der Waals surface area contributed by atoms with Crippen LogP contribution in [0.5, 0.6) is 5.75 Å². The van der Waals surface area contributed by atoms with Crippen LogP contribution in [0.15, 0.2) is 29.2 Å². The second-order valence-electron chi connectivity index (χ2n) is 5.20. The zero-order chi connectivity index (χ0) is 17.0. The van der Waals surface area contributed by atoms with Gasteiger partial charge in [-0.15, -0.1) is 11.3 Å². The van der Waals surface area contributed by atoms with Gasteiger partial charge < -0.3 is 9.47 Å². The molecular formula is C16H21NO4S2. The first-order valence-electron chi connectivity index (χ1n) is 7.15. The van der Waals surface area contributed by atoms with Crippen molar-refractivity contribution in [3.8, 4) is 5.75 Å². The molecule has 0 aliphatic heterocycles. The molecule has 0 fully saturated rings. The third-order valence-electron chi connectivity index (χ3n) is 3.28. The molecule has 1 aromatic carbocycles. The summed E-state index contributed by atoms with van der Waals surface area (Å²) in [4.78, 5) is 2.09. The Labute approximate surface area is 141 Å². The van der Waals surface area contributed by atoms with Gasteiger partial charge in [-0.1, -0.05) is 0 Å². The Morgan fingerprint density at radius 1 is 1.13 bits per heavy atom. The van der Waals surface area contributed by atoms with E-state index in [2.05, 4.69) is 4.72 Å². The molecule has 0 radical (unpaired) electrons. The van der Waals surface area contributed by atoms with Crippen LogP contribution >= 0.6 is 11.3 Å². The number of anilines is 1. The number of methoxy groups -OCH3 is 1. The summed E-state index contributed by atoms with van der Waals surface area (Å²) in [6.07, 6.45) is 0. The predicted octanol–water partition coefficient (Wildman–Crippen LogP) is 3.50. The van der Waals surface area contributed by atoms with Gasteiger partial charge in [0.05, 0.1) is 12.3 Å². The summed E-state index contributed by atoms with van der Waals surface area (Å²) in [5, 5.41) is 0. The lowest BCUT2D eigenvalue weighted by Crippen LogP contribution is -2.14. The standard InChI is InChI=1S/C16H21NO4S2/c1-11-9-14(21-8-7-20-4)5-6-15(11)17-23(18,19)16-10-12(2)22-13(16)3/h5-6,9-10,17H,7-8H2,1-4H3. The number of rotatable bonds is 7. The van der Waals surface area contributed by atoms with Crippen LogP contribution in [-0.4, -0.2) is 28.7 Å². The molecule has 0 atom stereocenters. The summed E-state index contributed by atoms with van der Waals surface area (Å²) < 4.78 is 38.2. The number of hydrogen-bond donors (Lipinski definition) is 1. The molecule has 1 heterocycles. The number of thiophene rings is 1. The van der Waals surface area contributed by atoms with Crippen molar-refractivity contribution in [2.75, 3.05) is 25.0 Å². The minimum Gasteiger partial charge on any atom is -0.491 e. The number of benzene rings is 1. The van der Waals surface area contributed by atoms with Crippen LogP contribution < -0.4 is 9.46 Å². The molecule has 0 aliphatic rings. The highest BCUT2D eigenvalue weighted by molar-refractivity contribution is 7.93. The molecule has 2 aromatic rings. The first kappa shape index (κ1) is 17.8. The molecule has 0 aliphatic carbocycles. The fourth-order valence-corrected chi connectivity index (χ4v) is 4.84. The van der Waals surface area contributed by atoms with Crippen molar-refractivity contribution in [3.05, 3.63) is 39.6 Å². The van der Waals surface area contributed by atoms with Gasteiger partial charge in [0.1, 0.15) is 17.3 Å². The van der Waals surface area contributed by atoms with Gasteiger partial charge in [0.2, 0.25) is 0 Å². The van der Waals surface area contributed by atoms with Gasteiger partial charge in [-0.2, -0.15) is 0 Å². The summed E-state index contributed by atoms with van der Waals surface area (Å²) in [5.41, 5.74) is 1.35. The number of nitrogens with one attached hydrogen (secondary N) is 1. The average Bonchev–Trinajstić information content (AvgIpc) is 2.82. The second kappa shape index (κ2) is 7.33. The van der Waals surface area contributed by atoms with Crippen LogP contribution in [0, 0.1) is 20.8 Å². The molecule has 1 aromatic heterocycles. The highest BCUT2D eigenvalue weighted by atomic mass is 32.2. The zero-order valence-corrected chi connectivity index (χ0v) is 15.3. The fourth-order valence-electron chi connectivity index (χ4n) is 2.16. The Kier molecular flexibility index (Phi) is 5.67. The Hall–Kier alpha value is -1.57. The molecule has 0 bridgehead atoms. The van der Waals surface area contributed by atoms with E-state index in [-0.39, 0.29) is 0 Å². The molecule has 0 saturated carbocycles. The SMILES string of the molecule is COCCOc1ccc(NS(=O)(=O)c2cc(C)sc2C)c(C)c1. The highest BCUT2D eigenvalue weighted by Crippen LogP contribution is 2.28. The topological polar surface area (TPSA) is 64.6 Å². The van der Waals surface area contributed by atoms with E-state index in [1.54, 1.807) is 31.4 Å². The van der Waals surface area contributed by atoms with Gasteiger partial charge >= 0.3 is 0 Å². The quantitative estimate of drug-likeness (QED) is 0.772. The minimum absolute atomic E-state index is 0.333. The van der Waals surface area contributed by atoms with E-state index in [1.807, 2.05) is 20.8 Å². The van der Waals surface area contributed by atoms with Crippen molar-refractivity contribution in [3.63, 3.8) is 0 Å². The van der Waals surface area contributed by atoms with Crippen molar-refractivity contribution in [1.29, 1.82) is 0 Å². The van der Waals surface area contributed by atoms with Crippen molar-refractivity contribution >= 4 is 27.0 Å². The van der Waals surface area contributed by atoms with Crippen molar-refractivity contribution in [2.24, 2.45) is 0 Å². The molecule has 2 rings (SSSR count). The molecular weight excluding hydrogens is 334 g/mol. The molecule has 1 N–H and O–H groups in total. The minimum atomic E-state index is -3.58. The highest BCUT2D eigenvalue weighted by Gasteiger charge is 2.20. The Bertz CT molecular complexity index is 781. The van der Waals surface area contributed by atoms with E-state index in [4.69, 9.17) is 9.47 Å². The van der Waals surface area contributed by atoms with Crippen LogP contribution in [0.2, 0.25) is 0 Å². The maximum absolute atomic E-state index is 12.5. The lowest BCUT2D eigenvalue weighted by Gasteiger charge is -2.12. The van der Waals surface area contributed by atoms with Gasteiger partial charge in [-0.3, -0.25) is 4.72 Å². The van der Waals surface area contributed by atoms with Crippen LogP contribution in [0.1, 0.15) is 15.3 Å². The van der Waals surface area contributed by atoms with E-state index in [0.29, 0.717) is 29.5 Å². The molecule has 0 spiro atoms. The first-order valence-corrected chi connectivity index (χ1v) is 9.45. The number of sulfonamides is 1. The van der Waals surface area contributed by atoms with Gasteiger partial charge in [0.15, 0.2) is 0 Å². The van der Waals surface area contributed by atoms with Gasteiger partial charge in [0.25, 0.3) is 10.0 Å². The van der Waals surface area contributed by atoms with E-state index in [1.165, 1.54) is 11.3 Å². The van der Waals surface area contributed by atoms with E-state index in [0.717, 1.165) is 15.3 Å². The number of ether oxygens (including phenoxy) is 2. The van der Waals surface area contributed by atoms with Crippen LogP contribution in [0.25, 0.3) is 0 Å². The summed E-state index contributed by atoms with van der Waals surface area (Å²) in [7, 11) is -1.97. The Balaban J connectivity index is 2.18. The number of aryl methyl sites for hydroxylation is 3. The smallest absolute Gasteiger partial charge is 0.263 e. The molecule has 5 nitrogen and oxygen atoms in total. The first-order chi connectivity index (χ1) is 10.8. The third-order valence-corrected chi connectivity index (χ3v) is 5.87. The maximum Gasteiger partial charge on any atom is 0.263 e. The molecule has 0 amide bonds. The Morgan fingerprint density at radius 3 is 2.43 bits per heavy atom. The molecule has 0 saturated heterocycles. The summed E-state index contributed by atoms with van der Waals surface area (Å²) >= 11 is 1.47. The summed E-state index contributed by atoms with van der Waals surface area (Å²) in [6.45, 7) is 6.51. The van der Waals surface area contributed by atoms with Crippen LogP contribution in [-0.2, 0) is 14.8 Å². The summed E-state index contributed by atoms with van der Waals surface area (Å²) in [5.74, 6) is 0.685. The largest absolute Gasteiger partial charge is 0.491 e.